The normalized spacial score (nSPS) is 12.1. The third-order valence-corrected chi connectivity index (χ3v) is 3.16. The van der Waals surface area contributed by atoms with Crippen molar-refractivity contribution in [1.29, 1.82) is 0 Å². The van der Waals surface area contributed by atoms with Crippen molar-refractivity contribution in [3.63, 3.8) is 0 Å². The van der Waals surface area contributed by atoms with Crippen molar-refractivity contribution in [2.75, 3.05) is 11.5 Å². The van der Waals surface area contributed by atoms with Gasteiger partial charge in [-0.25, -0.2) is 0 Å². The van der Waals surface area contributed by atoms with Gasteiger partial charge < -0.3 is 5.48 Å². The topological polar surface area (TPSA) is 140 Å². The third-order valence-electron chi connectivity index (χ3n) is 1.55. The Balaban J connectivity index is 0. The van der Waals surface area contributed by atoms with Crippen LogP contribution < -0.4 is 0 Å². The molecular weight excluding hydrogens is 248 g/mol. The van der Waals surface area contributed by atoms with Crippen LogP contribution in [-0.4, -0.2) is 42.9 Å². The average Bonchev–Trinajstić information content (AvgIpc) is 1.92. The first-order valence-corrected chi connectivity index (χ1v) is 7.33. The molecule has 0 spiro atoms. The largest absolute Gasteiger partial charge is 0.412 e. The lowest BCUT2D eigenvalue weighted by Gasteiger charge is -1.98. The summed E-state index contributed by atoms with van der Waals surface area (Å²) in [5, 5.41) is 0. The van der Waals surface area contributed by atoms with Crippen LogP contribution in [0.5, 0.6) is 0 Å². The quantitative estimate of drug-likeness (QED) is 0.469. The van der Waals surface area contributed by atoms with Gasteiger partial charge >= 0.3 is 0 Å². The van der Waals surface area contributed by atoms with Gasteiger partial charge in [-0.05, 0) is 12.8 Å². The number of rotatable bonds is 7. The van der Waals surface area contributed by atoms with Gasteiger partial charge in [0.1, 0.15) is 0 Å². The lowest BCUT2D eigenvalue weighted by Crippen LogP contribution is -2.05. The van der Waals surface area contributed by atoms with Gasteiger partial charge in [-0.1, -0.05) is 12.8 Å². The Morgan fingerprint density at radius 1 is 0.667 bits per heavy atom. The van der Waals surface area contributed by atoms with E-state index in [4.69, 9.17) is 9.11 Å². The molecule has 9 heteroatoms. The second-order valence-corrected chi connectivity index (χ2v) is 6.13. The van der Waals surface area contributed by atoms with Crippen LogP contribution in [-0.2, 0) is 20.2 Å². The standard InChI is InChI=1S/C6H14O6S2.H2O/c7-13(8,9)5-3-1-2-4-6-14(10,11)12;/h1-6H2,(H,7,8,9)(H,10,11,12);1H2. The van der Waals surface area contributed by atoms with E-state index in [0.717, 1.165) is 0 Å². The van der Waals surface area contributed by atoms with Crippen molar-refractivity contribution in [2.45, 2.75) is 25.7 Å². The molecule has 94 valence electrons. The lowest BCUT2D eigenvalue weighted by atomic mass is 10.2. The highest BCUT2D eigenvalue weighted by Gasteiger charge is 2.05. The molecule has 0 aliphatic heterocycles. The van der Waals surface area contributed by atoms with Crippen LogP contribution in [0.15, 0.2) is 0 Å². The fourth-order valence-corrected chi connectivity index (χ4v) is 2.06. The minimum atomic E-state index is -3.91. The molecule has 0 unspecified atom stereocenters. The first kappa shape index (κ1) is 17.2. The molecule has 0 rings (SSSR count). The fraction of sp³-hybridized carbons (Fsp3) is 1.00. The molecule has 0 aliphatic rings. The van der Waals surface area contributed by atoms with Crippen molar-refractivity contribution in [2.24, 2.45) is 0 Å². The summed E-state index contributed by atoms with van der Waals surface area (Å²) in [7, 11) is -7.81. The van der Waals surface area contributed by atoms with E-state index in [1.54, 1.807) is 0 Å². The minimum Gasteiger partial charge on any atom is -0.412 e. The Kier molecular flexibility index (Phi) is 8.16. The van der Waals surface area contributed by atoms with Crippen molar-refractivity contribution >= 4 is 20.2 Å². The summed E-state index contributed by atoms with van der Waals surface area (Å²) in [6, 6.07) is 0. The van der Waals surface area contributed by atoms with E-state index in [2.05, 4.69) is 0 Å². The zero-order valence-electron chi connectivity index (χ0n) is 8.09. The zero-order valence-corrected chi connectivity index (χ0v) is 9.72. The minimum absolute atomic E-state index is 0. The molecule has 0 aromatic carbocycles. The van der Waals surface area contributed by atoms with Crippen molar-refractivity contribution in [3.05, 3.63) is 0 Å². The van der Waals surface area contributed by atoms with Crippen LogP contribution in [0.1, 0.15) is 25.7 Å². The van der Waals surface area contributed by atoms with Crippen LogP contribution in [0.4, 0.5) is 0 Å². The SMILES string of the molecule is O.O=S(=O)(O)CCCCCCS(=O)(=O)O. The van der Waals surface area contributed by atoms with E-state index in [1.165, 1.54) is 0 Å². The second kappa shape index (κ2) is 7.12. The van der Waals surface area contributed by atoms with E-state index in [1.807, 2.05) is 0 Å². The summed E-state index contributed by atoms with van der Waals surface area (Å²) in [6.45, 7) is 0. The van der Waals surface area contributed by atoms with Gasteiger partial charge in [0.25, 0.3) is 20.2 Å². The van der Waals surface area contributed by atoms with Crippen LogP contribution in [0.3, 0.4) is 0 Å². The van der Waals surface area contributed by atoms with E-state index < -0.39 is 20.2 Å². The summed E-state index contributed by atoms with van der Waals surface area (Å²) >= 11 is 0. The number of unbranched alkanes of at least 4 members (excludes halogenated alkanes) is 3. The fourth-order valence-electron chi connectivity index (χ4n) is 0.922. The average molecular weight is 264 g/mol. The Labute approximate surface area is 89.3 Å². The Morgan fingerprint density at radius 3 is 1.13 bits per heavy atom. The van der Waals surface area contributed by atoms with Crippen molar-refractivity contribution in [1.82, 2.24) is 0 Å². The molecule has 0 amide bonds. The Bertz CT molecular complexity index is 306. The number of hydrogen-bond acceptors (Lipinski definition) is 4. The monoisotopic (exact) mass is 264 g/mol. The summed E-state index contributed by atoms with van der Waals surface area (Å²) < 4.78 is 57.7. The Morgan fingerprint density at radius 2 is 0.933 bits per heavy atom. The molecule has 0 saturated carbocycles. The lowest BCUT2D eigenvalue weighted by molar-refractivity contribution is 0.473. The summed E-state index contributed by atoms with van der Waals surface area (Å²) in [5.41, 5.74) is 0. The molecule has 0 aromatic rings. The van der Waals surface area contributed by atoms with Gasteiger partial charge in [-0.15, -0.1) is 0 Å². The zero-order chi connectivity index (χ0) is 11.2. The maximum Gasteiger partial charge on any atom is 0.264 e. The predicted molar refractivity (Wildman–Crippen MR) is 54.9 cm³/mol. The van der Waals surface area contributed by atoms with Gasteiger partial charge in [0.15, 0.2) is 0 Å². The molecule has 0 fully saturated rings. The van der Waals surface area contributed by atoms with E-state index >= 15 is 0 Å². The predicted octanol–water partition coefficient (Wildman–Crippen LogP) is -0.502. The van der Waals surface area contributed by atoms with Crippen LogP contribution in [0, 0.1) is 0 Å². The van der Waals surface area contributed by atoms with Gasteiger partial charge in [-0.3, -0.25) is 9.11 Å². The van der Waals surface area contributed by atoms with E-state index in [-0.39, 0.29) is 17.0 Å². The molecule has 0 radical (unpaired) electrons. The van der Waals surface area contributed by atoms with Crippen LogP contribution >= 0.6 is 0 Å². The van der Waals surface area contributed by atoms with Crippen LogP contribution in [0.25, 0.3) is 0 Å². The third kappa shape index (κ3) is 16.5. The highest BCUT2D eigenvalue weighted by atomic mass is 32.2. The highest BCUT2D eigenvalue weighted by Crippen LogP contribution is 2.03. The maximum atomic E-state index is 10.2. The summed E-state index contributed by atoms with van der Waals surface area (Å²) in [5.74, 6) is -0.613. The molecule has 4 N–H and O–H groups in total. The summed E-state index contributed by atoms with van der Waals surface area (Å²) in [4.78, 5) is 0. The Hall–Kier alpha value is -0.220. The summed E-state index contributed by atoms with van der Waals surface area (Å²) in [6.07, 6.45) is 1.61. The molecular formula is C6H16O7S2. The first-order valence-electron chi connectivity index (χ1n) is 4.11. The van der Waals surface area contributed by atoms with Gasteiger partial charge in [-0.2, -0.15) is 16.8 Å². The van der Waals surface area contributed by atoms with Crippen molar-refractivity contribution in [3.8, 4) is 0 Å². The maximum absolute atomic E-state index is 10.2. The molecule has 7 nitrogen and oxygen atoms in total. The molecule has 0 aliphatic carbocycles. The molecule has 0 saturated heterocycles. The molecule has 0 aromatic heterocycles. The van der Waals surface area contributed by atoms with Gasteiger partial charge in [0.05, 0.1) is 11.5 Å². The number of hydrogen-bond donors (Lipinski definition) is 2. The van der Waals surface area contributed by atoms with Gasteiger partial charge in [0, 0.05) is 0 Å². The molecule has 0 bridgehead atoms. The van der Waals surface area contributed by atoms with Gasteiger partial charge in [0.2, 0.25) is 0 Å². The highest BCUT2D eigenvalue weighted by molar-refractivity contribution is 7.86. The van der Waals surface area contributed by atoms with E-state index in [9.17, 15) is 16.8 Å². The molecule has 15 heavy (non-hydrogen) atoms. The van der Waals surface area contributed by atoms with E-state index in [0.29, 0.717) is 25.7 Å². The smallest absolute Gasteiger partial charge is 0.264 e. The first-order chi connectivity index (χ1) is 6.21. The second-order valence-electron chi connectivity index (χ2n) is 2.99. The van der Waals surface area contributed by atoms with Crippen LogP contribution in [0.2, 0.25) is 0 Å². The van der Waals surface area contributed by atoms with Crippen molar-refractivity contribution < 1.29 is 31.4 Å². The molecule has 0 heterocycles. The molecule has 0 atom stereocenters.